The maximum Gasteiger partial charge on any atom is 0.253 e. The van der Waals surface area contributed by atoms with E-state index in [1.54, 1.807) is 0 Å². The predicted octanol–water partition coefficient (Wildman–Crippen LogP) is 5.70. The second kappa shape index (κ2) is 10.4. The van der Waals surface area contributed by atoms with Crippen LogP contribution in [0.15, 0.2) is 78.9 Å². The number of likely N-dealkylation sites (tertiary alicyclic amines) is 1. The summed E-state index contributed by atoms with van der Waals surface area (Å²) in [4.78, 5) is 14.6. The minimum atomic E-state index is -0.0580. The van der Waals surface area contributed by atoms with Crippen LogP contribution in [0.4, 0.5) is 5.69 Å². The molecule has 32 heavy (non-hydrogen) atoms. The van der Waals surface area contributed by atoms with E-state index in [1.165, 1.54) is 17.5 Å². The van der Waals surface area contributed by atoms with Crippen LogP contribution >= 0.6 is 12.2 Å². The number of nitrogens with one attached hydrogen (secondary N) is 2. The lowest BCUT2D eigenvalue weighted by Gasteiger charge is -2.26. The van der Waals surface area contributed by atoms with E-state index in [9.17, 15) is 4.79 Å². The molecule has 3 aromatic rings. The van der Waals surface area contributed by atoms with Crippen molar-refractivity contribution in [2.75, 3.05) is 18.4 Å². The lowest BCUT2D eigenvalue weighted by atomic mass is 9.95. The number of anilines is 1. The largest absolute Gasteiger partial charge is 0.352 e. The van der Waals surface area contributed by atoms with Crippen molar-refractivity contribution < 1.29 is 4.79 Å². The van der Waals surface area contributed by atoms with Crippen molar-refractivity contribution in [1.29, 1.82) is 0 Å². The molecule has 1 aliphatic rings. The van der Waals surface area contributed by atoms with Crippen molar-refractivity contribution in [2.24, 2.45) is 0 Å². The zero-order chi connectivity index (χ0) is 22.3. The third kappa shape index (κ3) is 5.35. The minimum absolute atomic E-state index is 0.0580. The van der Waals surface area contributed by atoms with Gasteiger partial charge < -0.3 is 15.5 Å². The molecule has 0 spiro atoms. The fourth-order valence-electron chi connectivity index (χ4n) is 4.17. The summed E-state index contributed by atoms with van der Waals surface area (Å²) < 4.78 is 0. The molecular formula is C27H29N3OS. The van der Waals surface area contributed by atoms with Gasteiger partial charge in [0.05, 0.1) is 6.04 Å². The van der Waals surface area contributed by atoms with Crippen LogP contribution in [-0.4, -0.2) is 29.0 Å². The topological polar surface area (TPSA) is 44.4 Å². The Balaban J connectivity index is 1.45. The summed E-state index contributed by atoms with van der Waals surface area (Å²) in [6.07, 6.45) is 3.40. The normalized spacial score (nSPS) is 14.5. The second-order valence-corrected chi connectivity index (χ2v) is 8.64. The molecule has 1 aliphatic heterocycles. The van der Waals surface area contributed by atoms with Gasteiger partial charge in [-0.15, -0.1) is 0 Å². The molecule has 1 saturated heterocycles. The summed E-state index contributed by atoms with van der Waals surface area (Å²) >= 11 is 5.64. The first-order valence-corrected chi connectivity index (χ1v) is 11.6. The van der Waals surface area contributed by atoms with E-state index in [1.807, 2.05) is 53.4 Å². The van der Waals surface area contributed by atoms with E-state index in [0.717, 1.165) is 42.7 Å². The van der Waals surface area contributed by atoms with Crippen LogP contribution in [0.2, 0.25) is 0 Å². The monoisotopic (exact) mass is 443 g/mol. The summed E-state index contributed by atoms with van der Waals surface area (Å²) in [6.45, 7) is 3.82. The fourth-order valence-corrected chi connectivity index (χ4v) is 4.41. The summed E-state index contributed by atoms with van der Waals surface area (Å²) in [5.74, 6) is 0.112. The number of carbonyl (C=O) groups is 1. The third-order valence-electron chi connectivity index (χ3n) is 5.94. The van der Waals surface area contributed by atoms with Crippen LogP contribution in [0.1, 0.15) is 52.4 Å². The Bertz CT molecular complexity index is 1060. The van der Waals surface area contributed by atoms with Crippen molar-refractivity contribution in [2.45, 2.75) is 32.2 Å². The Morgan fingerprint density at radius 3 is 2.22 bits per heavy atom. The summed E-state index contributed by atoms with van der Waals surface area (Å²) in [6, 6.07) is 26.2. The quantitative estimate of drug-likeness (QED) is 0.497. The molecule has 1 fully saturated rings. The number of nitrogens with zero attached hydrogens (tertiary/aromatic N) is 1. The highest BCUT2D eigenvalue weighted by atomic mass is 32.1. The number of rotatable bonds is 5. The Kier molecular flexibility index (Phi) is 7.17. The van der Waals surface area contributed by atoms with Gasteiger partial charge in [0, 0.05) is 24.3 Å². The Hall–Kier alpha value is -3.18. The van der Waals surface area contributed by atoms with Crippen molar-refractivity contribution in [3.63, 3.8) is 0 Å². The molecule has 0 bridgehead atoms. The van der Waals surface area contributed by atoms with Gasteiger partial charge in [-0.25, -0.2) is 0 Å². The molecule has 4 rings (SSSR count). The number of aryl methyl sites for hydroxylation is 1. The van der Waals surface area contributed by atoms with Gasteiger partial charge in [0.2, 0.25) is 0 Å². The molecule has 4 nitrogen and oxygen atoms in total. The molecular weight excluding hydrogens is 414 g/mol. The van der Waals surface area contributed by atoms with Crippen molar-refractivity contribution >= 4 is 28.9 Å². The highest BCUT2D eigenvalue weighted by molar-refractivity contribution is 7.80. The number of thiocarbonyl (C=S) groups is 1. The molecule has 3 aromatic carbocycles. The highest BCUT2D eigenvalue weighted by Gasteiger charge is 2.19. The molecule has 1 heterocycles. The molecule has 1 atom stereocenters. The van der Waals surface area contributed by atoms with Crippen molar-refractivity contribution in [3.05, 3.63) is 101 Å². The molecule has 0 saturated carbocycles. The smallest absolute Gasteiger partial charge is 0.253 e. The summed E-state index contributed by atoms with van der Waals surface area (Å²) in [7, 11) is 0. The maximum atomic E-state index is 12.7. The number of amides is 1. The van der Waals surface area contributed by atoms with Gasteiger partial charge in [-0.05, 0) is 79.4 Å². The number of hydrogen-bond donors (Lipinski definition) is 2. The van der Waals surface area contributed by atoms with E-state index < -0.39 is 0 Å². The average molecular weight is 444 g/mol. The van der Waals surface area contributed by atoms with Gasteiger partial charge in [0.15, 0.2) is 5.11 Å². The van der Waals surface area contributed by atoms with Gasteiger partial charge in [0.1, 0.15) is 0 Å². The van der Waals surface area contributed by atoms with E-state index in [4.69, 9.17) is 12.2 Å². The van der Waals surface area contributed by atoms with Gasteiger partial charge in [-0.3, -0.25) is 4.79 Å². The molecule has 164 valence electrons. The highest BCUT2D eigenvalue weighted by Crippen LogP contribution is 2.25. The third-order valence-corrected chi connectivity index (χ3v) is 6.16. The van der Waals surface area contributed by atoms with Crippen LogP contribution < -0.4 is 10.6 Å². The van der Waals surface area contributed by atoms with Gasteiger partial charge in [-0.2, -0.15) is 0 Å². The molecule has 0 unspecified atom stereocenters. The van der Waals surface area contributed by atoms with Gasteiger partial charge in [0.25, 0.3) is 5.91 Å². The van der Waals surface area contributed by atoms with E-state index in [-0.39, 0.29) is 11.9 Å². The number of piperidine rings is 1. The Labute approximate surface area is 195 Å². The number of hydrogen-bond acceptors (Lipinski definition) is 2. The van der Waals surface area contributed by atoms with Crippen LogP contribution in [-0.2, 0) is 0 Å². The number of carbonyl (C=O) groups excluding carboxylic acids is 1. The lowest BCUT2D eigenvalue weighted by Crippen LogP contribution is -2.35. The molecule has 5 heteroatoms. The molecule has 0 aromatic heterocycles. The minimum Gasteiger partial charge on any atom is -0.352 e. The molecule has 2 N–H and O–H groups in total. The second-order valence-electron chi connectivity index (χ2n) is 8.23. The predicted molar refractivity (Wildman–Crippen MR) is 135 cm³/mol. The van der Waals surface area contributed by atoms with Crippen LogP contribution in [0, 0.1) is 6.92 Å². The molecule has 1 amide bonds. The standard InChI is InChI=1S/C27H29N3OS/c1-20-10-6-7-13-24(20)25(21-11-4-2-5-12-21)29-27(32)28-23-16-14-22(15-17-23)26(31)30-18-8-3-9-19-30/h2,4-7,10-17,25H,3,8-9,18-19H2,1H3,(H2,28,29,32)/t25-/m0/s1. The lowest BCUT2D eigenvalue weighted by molar-refractivity contribution is 0.0724. The first kappa shape index (κ1) is 22.0. The van der Waals surface area contributed by atoms with Crippen LogP contribution in [0.25, 0.3) is 0 Å². The van der Waals surface area contributed by atoms with E-state index >= 15 is 0 Å². The Morgan fingerprint density at radius 1 is 0.875 bits per heavy atom. The number of benzene rings is 3. The first-order chi connectivity index (χ1) is 15.6. The zero-order valence-electron chi connectivity index (χ0n) is 18.4. The van der Waals surface area contributed by atoms with Gasteiger partial charge >= 0.3 is 0 Å². The molecule has 0 aliphatic carbocycles. The average Bonchev–Trinajstić information content (AvgIpc) is 2.84. The van der Waals surface area contributed by atoms with E-state index in [2.05, 4.69) is 47.9 Å². The van der Waals surface area contributed by atoms with Crippen LogP contribution in [0.5, 0.6) is 0 Å². The SMILES string of the molecule is Cc1ccccc1[C@@H](NC(=S)Nc1ccc(C(=O)N2CCCCC2)cc1)c1ccccc1. The van der Waals surface area contributed by atoms with Crippen LogP contribution in [0.3, 0.4) is 0 Å². The van der Waals surface area contributed by atoms with Crippen molar-refractivity contribution in [3.8, 4) is 0 Å². The maximum absolute atomic E-state index is 12.7. The molecule has 0 radical (unpaired) electrons. The fraction of sp³-hybridized carbons (Fsp3) is 0.259. The van der Waals surface area contributed by atoms with Crippen molar-refractivity contribution in [1.82, 2.24) is 10.2 Å². The van der Waals surface area contributed by atoms with E-state index in [0.29, 0.717) is 5.11 Å². The zero-order valence-corrected chi connectivity index (χ0v) is 19.2. The summed E-state index contributed by atoms with van der Waals surface area (Å²) in [5.41, 5.74) is 5.11. The first-order valence-electron chi connectivity index (χ1n) is 11.2. The Morgan fingerprint density at radius 2 is 1.53 bits per heavy atom. The van der Waals surface area contributed by atoms with Gasteiger partial charge in [-0.1, -0.05) is 54.6 Å². The summed E-state index contributed by atoms with van der Waals surface area (Å²) in [5, 5.41) is 7.28.